The maximum atomic E-state index is 12.8. The van der Waals surface area contributed by atoms with Crippen LogP contribution in [0.15, 0.2) is 30.3 Å². The number of carboxylic acid groups (broad SMARTS) is 1. The van der Waals surface area contributed by atoms with Crippen molar-refractivity contribution in [3.05, 3.63) is 35.9 Å². The number of benzene rings is 1. The molecule has 2 aliphatic rings. The minimum absolute atomic E-state index is 0.0315. The van der Waals surface area contributed by atoms with Crippen LogP contribution in [0.1, 0.15) is 63.0 Å². The lowest BCUT2D eigenvalue weighted by Gasteiger charge is -2.33. The highest BCUT2D eigenvalue weighted by Crippen LogP contribution is 2.32. The van der Waals surface area contributed by atoms with E-state index in [0.29, 0.717) is 31.8 Å². The molecule has 142 valence electrons. The summed E-state index contributed by atoms with van der Waals surface area (Å²) in [6.07, 6.45) is 8.50. The molecule has 1 unspecified atom stereocenters. The van der Waals surface area contributed by atoms with Crippen molar-refractivity contribution in [1.82, 2.24) is 10.2 Å². The van der Waals surface area contributed by atoms with Crippen LogP contribution in [-0.2, 0) is 4.79 Å². The van der Waals surface area contributed by atoms with E-state index in [1.54, 1.807) is 4.90 Å². The Balaban J connectivity index is 1.61. The standard InChI is InChI=1S/C21H30N2O3/c24-20(25)18-11-13-23(14-12-18)21(26)22-19(17-9-5-2-6-10-17)15-16-7-3-1-4-8-16/h2,5-6,9-10,16,18-19H,1,3-4,7-8,11-15H2,(H,22,26)(H,24,25). The topological polar surface area (TPSA) is 69.6 Å². The second kappa shape index (κ2) is 9.06. The number of nitrogens with one attached hydrogen (secondary N) is 1. The van der Waals surface area contributed by atoms with Crippen molar-refractivity contribution >= 4 is 12.0 Å². The number of piperidine rings is 1. The van der Waals surface area contributed by atoms with E-state index in [0.717, 1.165) is 12.0 Å². The molecule has 5 nitrogen and oxygen atoms in total. The molecule has 3 rings (SSSR count). The molecule has 0 aromatic heterocycles. The lowest BCUT2D eigenvalue weighted by atomic mass is 9.83. The minimum atomic E-state index is -0.746. The number of carboxylic acids is 1. The number of hydrogen-bond acceptors (Lipinski definition) is 2. The third-order valence-electron chi connectivity index (χ3n) is 5.92. The number of rotatable bonds is 5. The van der Waals surface area contributed by atoms with Crippen LogP contribution in [0.3, 0.4) is 0 Å². The quantitative estimate of drug-likeness (QED) is 0.828. The maximum absolute atomic E-state index is 12.8. The van der Waals surface area contributed by atoms with Gasteiger partial charge in [0.05, 0.1) is 12.0 Å². The Hall–Kier alpha value is -2.04. The van der Waals surface area contributed by atoms with E-state index in [2.05, 4.69) is 17.4 Å². The van der Waals surface area contributed by atoms with Crippen molar-refractivity contribution < 1.29 is 14.7 Å². The number of amides is 2. The number of urea groups is 1. The van der Waals surface area contributed by atoms with Crippen LogP contribution in [0.2, 0.25) is 0 Å². The van der Waals surface area contributed by atoms with Gasteiger partial charge in [-0.25, -0.2) is 4.79 Å². The summed E-state index contributed by atoms with van der Waals surface area (Å²) >= 11 is 0. The fourth-order valence-corrected chi connectivity index (χ4v) is 4.29. The predicted octanol–water partition coefficient (Wildman–Crippen LogP) is 4.20. The van der Waals surface area contributed by atoms with Crippen LogP contribution >= 0.6 is 0 Å². The lowest BCUT2D eigenvalue weighted by Crippen LogP contribution is -2.46. The molecular formula is C21H30N2O3. The number of likely N-dealkylation sites (tertiary alicyclic amines) is 1. The summed E-state index contributed by atoms with van der Waals surface area (Å²) in [5.74, 6) is -0.386. The van der Waals surface area contributed by atoms with Crippen molar-refractivity contribution in [2.24, 2.45) is 11.8 Å². The molecule has 1 atom stereocenters. The van der Waals surface area contributed by atoms with Crippen molar-refractivity contribution in [2.75, 3.05) is 13.1 Å². The molecule has 5 heteroatoms. The summed E-state index contributed by atoms with van der Waals surface area (Å²) in [5.41, 5.74) is 1.16. The van der Waals surface area contributed by atoms with Crippen molar-refractivity contribution in [3.63, 3.8) is 0 Å². The Morgan fingerprint density at radius 2 is 1.69 bits per heavy atom. The van der Waals surface area contributed by atoms with Gasteiger partial charge in [0, 0.05) is 13.1 Å². The van der Waals surface area contributed by atoms with Gasteiger partial charge < -0.3 is 15.3 Å². The summed E-state index contributed by atoms with van der Waals surface area (Å²) in [4.78, 5) is 25.6. The third kappa shape index (κ3) is 4.99. The molecule has 26 heavy (non-hydrogen) atoms. The molecule has 1 saturated carbocycles. The van der Waals surface area contributed by atoms with Gasteiger partial charge in [-0.1, -0.05) is 62.4 Å². The van der Waals surface area contributed by atoms with E-state index in [1.165, 1.54) is 32.1 Å². The van der Waals surface area contributed by atoms with Gasteiger partial charge >= 0.3 is 12.0 Å². The second-order valence-electron chi connectivity index (χ2n) is 7.75. The molecule has 2 fully saturated rings. The molecule has 1 heterocycles. The van der Waals surface area contributed by atoms with Gasteiger partial charge in [0.1, 0.15) is 0 Å². The van der Waals surface area contributed by atoms with Gasteiger partial charge in [0.25, 0.3) is 0 Å². The van der Waals surface area contributed by atoms with Crippen molar-refractivity contribution in [1.29, 1.82) is 0 Å². The summed E-state index contributed by atoms with van der Waals surface area (Å²) in [6, 6.07) is 10.2. The Bertz CT molecular complexity index is 591. The lowest BCUT2D eigenvalue weighted by molar-refractivity contribution is -0.143. The first-order valence-electron chi connectivity index (χ1n) is 9.96. The highest BCUT2D eigenvalue weighted by molar-refractivity contribution is 5.75. The van der Waals surface area contributed by atoms with Crippen molar-refractivity contribution in [3.8, 4) is 0 Å². The summed E-state index contributed by atoms with van der Waals surface area (Å²) in [6.45, 7) is 1.04. The number of hydrogen-bond donors (Lipinski definition) is 2. The van der Waals surface area contributed by atoms with Gasteiger partial charge in [-0.3, -0.25) is 4.79 Å². The number of carbonyl (C=O) groups is 2. The number of nitrogens with zero attached hydrogens (tertiary/aromatic N) is 1. The fourth-order valence-electron chi connectivity index (χ4n) is 4.29. The molecule has 1 aliphatic heterocycles. The summed E-state index contributed by atoms with van der Waals surface area (Å²) in [5, 5.41) is 12.4. The predicted molar refractivity (Wildman–Crippen MR) is 101 cm³/mol. The average Bonchev–Trinajstić information content (AvgIpc) is 2.69. The van der Waals surface area contributed by atoms with Crippen LogP contribution in [0, 0.1) is 11.8 Å². The molecule has 1 aliphatic carbocycles. The van der Waals surface area contributed by atoms with Crippen LogP contribution in [0.4, 0.5) is 4.79 Å². The van der Waals surface area contributed by atoms with E-state index in [4.69, 9.17) is 5.11 Å². The zero-order valence-electron chi connectivity index (χ0n) is 15.4. The van der Waals surface area contributed by atoms with Crippen LogP contribution in [-0.4, -0.2) is 35.1 Å². The molecule has 0 radical (unpaired) electrons. The Morgan fingerprint density at radius 3 is 2.31 bits per heavy atom. The molecule has 0 spiro atoms. The third-order valence-corrected chi connectivity index (χ3v) is 5.92. The fraction of sp³-hybridized carbons (Fsp3) is 0.619. The first-order valence-corrected chi connectivity index (χ1v) is 9.96. The molecule has 1 aromatic rings. The van der Waals surface area contributed by atoms with Crippen LogP contribution in [0.25, 0.3) is 0 Å². The largest absolute Gasteiger partial charge is 0.481 e. The summed E-state index contributed by atoms with van der Waals surface area (Å²) < 4.78 is 0. The smallest absolute Gasteiger partial charge is 0.317 e. The second-order valence-corrected chi connectivity index (χ2v) is 7.75. The van der Waals surface area contributed by atoms with E-state index in [-0.39, 0.29) is 18.0 Å². The molecule has 0 bridgehead atoms. The van der Waals surface area contributed by atoms with Crippen LogP contribution in [0.5, 0.6) is 0 Å². The highest BCUT2D eigenvalue weighted by atomic mass is 16.4. The van der Waals surface area contributed by atoms with Gasteiger partial charge in [-0.05, 0) is 30.7 Å². The first kappa shape index (κ1) is 18.7. The van der Waals surface area contributed by atoms with Gasteiger partial charge in [0.15, 0.2) is 0 Å². The normalized spacial score (nSPS) is 20.5. The summed E-state index contributed by atoms with van der Waals surface area (Å²) in [7, 11) is 0. The molecule has 2 amide bonds. The Kier molecular flexibility index (Phi) is 6.53. The highest BCUT2D eigenvalue weighted by Gasteiger charge is 2.29. The SMILES string of the molecule is O=C(O)C1CCN(C(=O)NC(CC2CCCCC2)c2ccccc2)CC1. The van der Waals surface area contributed by atoms with E-state index in [9.17, 15) is 9.59 Å². The zero-order valence-corrected chi connectivity index (χ0v) is 15.4. The van der Waals surface area contributed by atoms with Gasteiger partial charge in [0.2, 0.25) is 0 Å². The monoisotopic (exact) mass is 358 g/mol. The zero-order chi connectivity index (χ0) is 18.4. The molecule has 2 N–H and O–H groups in total. The average molecular weight is 358 g/mol. The van der Waals surface area contributed by atoms with Gasteiger partial charge in [-0.15, -0.1) is 0 Å². The first-order chi connectivity index (χ1) is 12.6. The molecule has 1 aromatic carbocycles. The molecule has 1 saturated heterocycles. The Labute approximate surface area is 155 Å². The van der Waals surface area contributed by atoms with E-state index < -0.39 is 5.97 Å². The van der Waals surface area contributed by atoms with Gasteiger partial charge in [-0.2, -0.15) is 0 Å². The number of carbonyl (C=O) groups excluding carboxylic acids is 1. The van der Waals surface area contributed by atoms with E-state index in [1.807, 2.05) is 18.2 Å². The number of aliphatic carboxylic acids is 1. The van der Waals surface area contributed by atoms with E-state index >= 15 is 0 Å². The van der Waals surface area contributed by atoms with Crippen LogP contribution < -0.4 is 5.32 Å². The maximum Gasteiger partial charge on any atom is 0.317 e. The minimum Gasteiger partial charge on any atom is -0.481 e. The Morgan fingerprint density at radius 1 is 1.04 bits per heavy atom. The molecular weight excluding hydrogens is 328 g/mol. The van der Waals surface area contributed by atoms with Crippen molar-refractivity contribution in [2.45, 2.75) is 57.4 Å².